The number of carboxylic acid groups (broad SMARTS) is 1. The first kappa shape index (κ1) is 16.9. The highest BCUT2D eigenvalue weighted by Crippen LogP contribution is 2.25. The highest BCUT2D eigenvalue weighted by Gasteiger charge is 2.08. The number of benzene rings is 2. The van der Waals surface area contributed by atoms with Gasteiger partial charge in [-0.05, 0) is 41.3 Å². The summed E-state index contributed by atoms with van der Waals surface area (Å²) < 4.78 is 0. The number of carbonyl (C=O) groups is 1. The molecule has 0 fully saturated rings. The molecule has 3 N–H and O–H groups in total. The summed E-state index contributed by atoms with van der Waals surface area (Å²) in [4.78, 5) is 18.3. The number of nitrogens with zero attached hydrogens (tertiary/aromatic N) is 1. The van der Waals surface area contributed by atoms with Crippen LogP contribution in [0.5, 0.6) is 0 Å². The van der Waals surface area contributed by atoms with Crippen LogP contribution in [0, 0.1) is 6.92 Å². The number of aromatic amines is 1. The molecule has 0 aliphatic heterocycles. The van der Waals surface area contributed by atoms with Crippen LogP contribution in [0.4, 0.5) is 0 Å². The summed E-state index contributed by atoms with van der Waals surface area (Å²) in [7, 11) is 0. The van der Waals surface area contributed by atoms with Crippen molar-refractivity contribution >= 4 is 5.97 Å². The molecule has 0 spiro atoms. The molecule has 5 heteroatoms. The van der Waals surface area contributed by atoms with Gasteiger partial charge in [0.15, 0.2) is 0 Å². The molecule has 0 saturated carbocycles. The van der Waals surface area contributed by atoms with Gasteiger partial charge in [0.25, 0.3) is 0 Å². The van der Waals surface area contributed by atoms with Crippen LogP contribution >= 0.6 is 0 Å². The zero-order chi connectivity index (χ0) is 17.6. The van der Waals surface area contributed by atoms with Crippen molar-refractivity contribution in [1.29, 1.82) is 0 Å². The smallest absolute Gasteiger partial charge is 0.335 e. The summed E-state index contributed by atoms with van der Waals surface area (Å²) in [6.07, 6.45) is 4.44. The first-order chi connectivity index (χ1) is 12.1. The Morgan fingerprint density at radius 2 is 2.00 bits per heavy atom. The Hall–Kier alpha value is -2.92. The summed E-state index contributed by atoms with van der Waals surface area (Å²) in [6, 6.07) is 13.5. The molecule has 1 heterocycles. The van der Waals surface area contributed by atoms with E-state index in [0.717, 1.165) is 41.9 Å². The molecule has 0 saturated heterocycles. The number of aryl methyl sites for hydroxylation is 1. The topological polar surface area (TPSA) is 78.0 Å². The fraction of sp³-hybridized carbons (Fsp3) is 0.200. The van der Waals surface area contributed by atoms with Crippen molar-refractivity contribution in [2.45, 2.75) is 19.9 Å². The Balaban J connectivity index is 1.62. The number of hydrogen-bond acceptors (Lipinski definition) is 3. The zero-order valence-corrected chi connectivity index (χ0v) is 14.1. The average molecular weight is 335 g/mol. The maximum Gasteiger partial charge on any atom is 0.335 e. The Bertz CT molecular complexity index is 840. The first-order valence-electron chi connectivity index (χ1n) is 8.25. The van der Waals surface area contributed by atoms with Crippen LogP contribution in [0.2, 0.25) is 0 Å². The van der Waals surface area contributed by atoms with Gasteiger partial charge in [-0.3, -0.25) is 0 Å². The number of imidazole rings is 1. The van der Waals surface area contributed by atoms with Gasteiger partial charge in [-0.1, -0.05) is 30.3 Å². The normalized spacial score (nSPS) is 10.8. The fourth-order valence-corrected chi connectivity index (χ4v) is 2.75. The molecular weight excluding hydrogens is 314 g/mol. The van der Waals surface area contributed by atoms with Crippen molar-refractivity contribution in [3.8, 4) is 11.1 Å². The monoisotopic (exact) mass is 335 g/mol. The van der Waals surface area contributed by atoms with Gasteiger partial charge >= 0.3 is 5.97 Å². The van der Waals surface area contributed by atoms with Crippen LogP contribution < -0.4 is 5.32 Å². The van der Waals surface area contributed by atoms with Gasteiger partial charge in [-0.15, -0.1) is 0 Å². The zero-order valence-electron chi connectivity index (χ0n) is 14.1. The van der Waals surface area contributed by atoms with E-state index >= 15 is 0 Å². The van der Waals surface area contributed by atoms with E-state index in [4.69, 9.17) is 5.11 Å². The first-order valence-corrected chi connectivity index (χ1v) is 8.25. The summed E-state index contributed by atoms with van der Waals surface area (Å²) >= 11 is 0. The standard InChI is InChI=1S/C20H21N3O2/c1-14-2-5-17(20(24)25)10-19(14)16-6-3-15(4-7-16)11-21-9-8-18-12-22-13-23-18/h2-7,10,12-13,21H,8-9,11H2,1H3,(H,22,23)(H,24,25). The molecular formula is C20H21N3O2. The third kappa shape index (κ3) is 4.33. The molecule has 5 nitrogen and oxygen atoms in total. The van der Waals surface area contributed by atoms with E-state index < -0.39 is 5.97 Å². The summed E-state index contributed by atoms with van der Waals surface area (Å²) in [5, 5.41) is 12.6. The largest absolute Gasteiger partial charge is 0.478 e. The lowest BCUT2D eigenvalue weighted by molar-refractivity contribution is 0.0697. The van der Waals surface area contributed by atoms with Crippen LogP contribution in [0.1, 0.15) is 27.2 Å². The molecule has 0 aliphatic rings. The van der Waals surface area contributed by atoms with E-state index in [0.29, 0.717) is 5.56 Å². The van der Waals surface area contributed by atoms with Gasteiger partial charge < -0.3 is 15.4 Å². The third-order valence-electron chi connectivity index (χ3n) is 4.20. The quantitative estimate of drug-likeness (QED) is 0.578. The second-order valence-electron chi connectivity index (χ2n) is 6.04. The van der Waals surface area contributed by atoms with Crippen molar-refractivity contribution in [2.75, 3.05) is 6.54 Å². The average Bonchev–Trinajstić information content (AvgIpc) is 3.13. The van der Waals surface area contributed by atoms with E-state index in [1.54, 1.807) is 18.5 Å². The molecule has 0 unspecified atom stereocenters. The number of aromatic nitrogens is 2. The third-order valence-corrected chi connectivity index (χ3v) is 4.20. The van der Waals surface area contributed by atoms with Crippen LogP contribution in [-0.4, -0.2) is 27.6 Å². The molecule has 0 aliphatic carbocycles. The van der Waals surface area contributed by atoms with Gasteiger partial charge in [0.1, 0.15) is 0 Å². The lowest BCUT2D eigenvalue weighted by atomic mass is 9.97. The minimum absolute atomic E-state index is 0.310. The van der Waals surface area contributed by atoms with Crippen LogP contribution in [0.25, 0.3) is 11.1 Å². The number of carboxylic acids is 1. The Kier molecular flexibility index (Phi) is 5.26. The predicted octanol–water partition coefficient (Wildman–Crippen LogP) is 3.42. The highest BCUT2D eigenvalue weighted by molar-refractivity contribution is 5.90. The van der Waals surface area contributed by atoms with E-state index in [1.165, 1.54) is 5.56 Å². The summed E-state index contributed by atoms with van der Waals surface area (Å²) in [5.74, 6) is -0.903. The van der Waals surface area contributed by atoms with Crippen LogP contribution in [-0.2, 0) is 13.0 Å². The minimum atomic E-state index is -0.903. The molecule has 128 valence electrons. The van der Waals surface area contributed by atoms with E-state index in [2.05, 4.69) is 27.4 Å². The maximum absolute atomic E-state index is 11.2. The molecule has 2 aromatic carbocycles. The summed E-state index contributed by atoms with van der Waals surface area (Å²) in [5.41, 5.74) is 5.68. The molecule has 0 radical (unpaired) electrons. The molecule has 1 aromatic heterocycles. The number of hydrogen-bond donors (Lipinski definition) is 3. The maximum atomic E-state index is 11.2. The lowest BCUT2D eigenvalue weighted by Crippen LogP contribution is -2.16. The number of H-pyrrole nitrogens is 1. The predicted molar refractivity (Wildman–Crippen MR) is 97.6 cm³/mol. The second-order valence-corrected chi connectivity index (χ2v) is 6.04. The van der Waals surface area contributed by atoms with Crippen LogP contribution in [0.3, 0.4) is 0 Å². The fourth-order valence-electron chi connectivity index (χ4n) is 2.75. The van der Waals surface area contributed by atoms with Crippen molar-refractivity contribution < 1.29 is 9.90 Å². The SMILES string of the molecule is Cc1ccc(C(=O)O)cc1-c1ccc(CNCCc2cnc[nH]2)cc1. The molecule has 3 rings (SSSR count). The highest BCUT2D eigenvalue weighted by atomic mass is 16.4. The number of nitrogens with one attached hydrogen (secondary N) is 2. The van der Waals surface area contributed by atoms with Crippen LogP contribution in [0.15, 0.2) is 55.0 Å². The Morgan fingerprint density at radius 3 is 2.68 bits per heavy atom. The van der Waals surface area contributed by atoms with E-state index in [1.807, 2.05) is 31.3 Å². The lowest BCUT2D eigenvalue weighted by Gasteiger charge is -2.09. The Morgan fingerprint density at radius 1 is 1.20 bits per heavy atom. The van der Waals surface area contributed by atoms with Gasteiger partial charge in [-0.2, -0.15) is 0 Å². The van der Waals surface area contributed by atoms with Crippen molar-refractivity contribution in [3.05, 3.63) is 77.4 Å². The molecule has 0 atom stereocenters. The van der Waals surface area contributed by atoms with Gasteiger partial charge in [-0.25, -0.2) is 9.78 Å². The molecule has 25 heavy (non-hydrogen) atoms. The molecule has 0 amide bonds. The van der Waals surface area contributed by atoms with E-state index in [9.17, 15) is 4.79 Å². The van der Waals surface area contributed by atoms with Crippen molar-refractivity contribution in [1.82, 2.24) is 15.3 Å². The molecule has 3 aromatic rings. The van der Waals surface area contributed by atoms with Gasteiger partial charge in [0, 0.05) is 31.4 Å². The minimum Gasteiger partial charge on any atom is -0.478 e. The Labute approximate surface area is 146 Å². The number of aromatic carboxylic acids is 1. The van der Waals surface area contributed by atoms with Crippen molar-refractivity contribution in [2.24, 2.45) is 0 Å². The second kappa shape index (κ2) is 7.77. The van der Waals surface area contributed by atoms with Crippen molar-refractivity contribution in [3.63, 3.8) is 0 Å². The van der Waals surface area contributed by atoms with Gasteiger partial charge in [0.05, 0.1) is 11.9 Å². The van der Waals surface area contributed by atoms with E-state index in [-0.39, 0.29) is 0 Å². The van der Waals surface area contributed by atoms with Gasteiger partial charge in [0.2, 0.25) is 0 Å². The summed E-state index contributed by atoms with van der Waals surface area (Å²) in [6.45, 7) is 3.66. The number of rotatable bonds is 7. The molecule has 0 bridgehead atoms.